The third kappa shape index (κ3) is 4.53. The summed E-state index contributed by atoms with van der Waals surface area (Å²) < 4.78 is 12.7. The lowest BCUT2D eigenvalue weighted by molar-refractivity contribution is -0.131. The van der Waals surface area contributed by atoms with Gasteiger partial charge in [0, 0.05) is 44.4 Å². The number of methoxy groups -OCH3 is 1. The molecule has 38 heavy (non-hydrogen) atoms. The average molecular weight is 515 g/mol. The molecule has 1 saturated carbocycles. The molecule has 0 bridgehead atoms. The van der Waals surface area contributed by atoms with Crippen molar-refractivity contribution in [2.45, 2.75) is 44.2 Å². The zero-order valence-corrected chi connectivity index (χ0v) is 21.4. The first-order valence-electron chi connectivity index (χ1n) is 12.8. The van der Waals surface area contributed by atoms with E-state index in [1.807, 2.05) is 4.90 Å². The zero-order chi connectivity index (χ0) is 26.3. The molecule has 0 radical (unpaired) electrons. The van der Waals surface area contributed by atoms with Crippen LogP contribution in [-0.4, -0.2) is 67.0 Å². The van der Waals surface area contributed by atoms with E-state index in [0.29, 0.717) is 36.3 Å². The number of hydrogen-bond acceptors (Lipinski definition) is 9. The second-order valence-electron chi connectivity index (χ2n) is 10.2. The monoisotopic (exact) mass is 514 g/mol. The second-order valence-corrected chi connectivity index (χ2v) is 10.2. The van der Waals surface area contributed by atoms with Gasteiger partial charge in [-0.1, -0.05) is 29.4 Å². The van der Waals surface area contributed by atoms with Crippen LogP contribution in [0.2, 0.25) is 0 Å². The van der Waals surface area contributed by atoms with Gasteiger partial charge in [-0.05, 0) is 43.2 Å². The molecule has 3 aromatic heterocycles. The molecule has 2 N–H and O–H groups in total. The number of carbonyl (C=O) groups excluding carboxylic acids is 1. The fraction of sp³-hybridized carbons (Fsp3) is 0.407. The number of nitrogens with zero attached hydrogens (tertiary/aromatic N) is 7. The first kappa shape index (κ1) is 24.2. The second kappa shape index (κ2) is 9.64. The molecule has 196 valence electrons. The molecule has 1 aliphatic carbocycles. The molecule has 4 aromatic rings. The average Bonchev–Trinajstić information content (AvgIpc) is 3.31. The third-order valence-corrected chi connectivity index (χ3v) is 7.78. The summed E-state index contributed by atoms with van der Waals surface area (Å²) in [4.78, 5) is 27.5. The maximum atomic E-state index is 12.7. The molecule has 0 spiro atoms. The number of nitrogens with two attached hydrogens (primary N) is 1. The van der Waals surface area contributed by atoms with E-state index in [1.165, 1.54) is 0 Å². The fourth-order valence-corrected chi connectivity index (χ4v) is 5.20. The number of amides is 1. The van der Waals surface area contributed by atoms with Crippen molar-refractivity contribution < 1.29 is 14.1 Å². The van der Waals surface area contributed by atoms with Crippen molar-refractivity contribution in [1.82, 2.24) is 34.8 Å². The largest absolute Gasteiger partial charge is 0.380 e. The van der Waals surface area contributed by atoms with Crippen molar-refractivity contribution in [3.63, 3.8) is 0 Å². The van der Waals surface area contributed by atoms with Gasteiger partial charge in [-0.3, -0.25) is 9.48 Å². The Balaban J connectivity index is 1.20. The summed E-state index contributed by atoms with van der Waals surface area (Å²) in [6.45, 7) is 3.65. The summed E-state index contributed by atoms with van der Waals surface area (Å²) >= 11 is 0. The van der Waals surface area contributed by atoms with Crippen LogP contribution in [0.4, 0.5) is 5.95 Å². The first-order valence-corrected chi connectivity index (χ1v) is 12.8. The quantitative estimate of drug-likeness (QED) is 0.376. The van der Waals surface area contributed by atoms with E-state index < -0.39 is 5.41 Å². The van der Waals surface area contributed by atoms with Crippen LogP contribution in [-0.2, 0) is 21.5 Å². The van der Waals surface area contributed by atoms with Gasteiger partial charge in [0.25, 0.3) is 5.89 Å². The molecule has 11 nitrogen and oxygen atoms in total. The highest BCUT2D eigenvalue weighted by molar-refractivity contribution is 5.76. The van der Waals surface area contributed by atoms with E-state index in [4.69, 9.17) is 20.0 Å². The van der Waals surface area contributed by atoms with Gasteiger partial charge < -0.3 is 19.9 Å². The summed E-state index contributed by atoms with van der Waals surface area (Å²) in [6, 6.07) is 8.33. The molecule has 4 heterocycles. The molecule has 11 heteroatoms. The molecule has 1 aromatic carbocycles. The third-order valence-electron chi connectivity index (χ3n) is 7.78. The van der Waals surface area contributed by atoms with Gasteiger partial charge in [0.05, 0.1) is 23.3 Å². The molecule has 1 aliphatic heterocycles. The predicted molar refractivity (Wildman–Crippen MR) is 139 cm³/mol. The number of hydrogen-bond donors (Lipinski definition) is 1. The van der Waals surface area contributed by atoms with Gasteiger partial charge in [0.1, 0.15) is 6.54 Å². The summed E-state index contributed by atoms with van der Waals surface area (Å²) in [5, 5.41) is 8.75. The number of anilines is 1. The van der Waals surface area contributed by atoms with Crippen LogP contribution >= 0.6 is 0 Å². The highest BCUT2D eigenvalue weighted by Gasteiger charge is 2.47. The lowest BCUT2D eigenvalue weighted by Gasteiger charge is -2.27. The van der Waals surface area contributed by atoms with Crippen LogP contribution in [0.15, 0.2) is 53.6 Å². The minimum Gasteiger partial charge on any atom is -0.380 e. The Morgan fingerprint density at radius 3 is 2.55 bits per heavy atom. The first-order chi connectivity index (χ1) is 18.4. The van der Waals surface area contributed by atoms with Gasteiger partial charge in [0.2, 0.25) is 11.9 Å². The van der Waals surface area contributed by atoms with Crippen molar-refractivity contribution in [3.05, 3.63) is 60.4 Å². The van der Waals surface area contributed by atoms with E-state index in [2.05, 4.69) is 51.4 Å². The van der Waals surface area contributed by atoms with Crippen LogP contribution in [0.1, 0.15) is 37.6 Å². The molecule has 2 fully saturated rings. The highest BCUT2D eigenvalue weighted by atomic mass is 16.5. The van der Waals surface area contributed by atoms with Crippen molar-refractivity contribution in [2.75, 3.05) is 25.9 Å². The number of rotatable bonds is 8. The molecule has 1 saturated heterocycles. The molecule has 2 aliphatic rings. The number of nitrogen functional groups attached to an aromatic ring is 1. The minimum atomic E-state index is -0.391. The molecule has 1 amide bonds. The molecular weight excluding hydrogens is 484 g/mol. The van der Waals surface area contributed by atoms with E-state index in [1.54, 1.807) is 36.6 Å². The number of carbonyl (C=O) groups is 1. The van der Waals surface area contributed by atoms with Crippen molar-refractivity contribution in [3.8, 4) is 22.6 Å². The predicted octanol–water partition coefficient (Wildman–Crippen LogP) is 2.94. The lowest BCUT2D eigenvalue weighted by atomic mass is 9.77. The van der Waals surface area contributed by atoms with Crippen LogP contribution in [0, 0.1) is 5.92 Å². The van der Waals surface area contributed by atoms with Crippen LogP contribution in [0.5, 0.6) is 0 Å². The smallest absolute Gasteiger partial charge is 0.261 e. The normalized spacial score (nSPS) is 19.0. The van der Waals surface area contributed by atoms with Gasteiger partial charge in [-0.15, -0.1) is 0 Å². The van der Waals surface area contributed by atoms with Crippen LogP contribution in [0.25, 0.3) is 22.6 Å². The summed E-state index contributed by atoms with van der Waals surface area (Å²) in [7, 11) is 1.68. The lowest BCUT2D eigenvalue weighted by Crippen LogP contribution is -2.33. The maximum Gasteiger partial charge on any atom is 0.261 e. The van der Waals surface area contributed by atoms with Crippen molar-refractivity contribution >= 4 is 11.9 Å². The topological polar surface area (TPSA) is 138 Å². The molecule has 2 unspecified atom stereocenters. The van der Waals surface area contributed by atoms with Gasteiger partial charge in [0.15, 0.2) is 5.82 Å². The van der Waals surface area contributed by atoms with Gasteiger partial charge >= 0.3 is 0 Å². The van der Waals surface area contributed by atoms with Gasteiger partial charge in [-0.25, -0.2) is 9.97 Å². The summed E-state index contributed by atoms with van der Waals surface area (Å²) in [5.74, 6) is 1.73. The Kier molecular flexibility index (Phi) is 6.15. The molecular formula is C27H30N8O3. The number of ether oxygens (including phenoxy) is 1. The number of benzene rings is 1. The Morgan fingerprint density at radius 1 is 1.11 bits per heavy atom. The van der Waals surface area contributed by atoms with Crippen molar-refractivity contribution in [2.24, 2.45) is 5.92 Å². The number of likely N-dealkylation sites (tertiary alicyclic amines) is 1. The SMILES string of the molecule is COC1CCN(C(=O)Cn2cc(-c3nc(C(C)(c4ccc(-c5cnc(N)nc5)cc4)C4CC4)no3)cn2)C1. The Labute approximate surface area is 220 Å². The summed E-state index contributed by atoms with van der Waals surface area (Å²) in [6.07, 6.45) is 10.0. The standard InChI is InChI=1S/C27H30N8O3/c1-27(21-7-8-21,20-5-3-17(4-6-20)18-11-29-26(28)30-12-18)25-32-24(38-33-25)19-13-31-35(14-19)16-23(36)34-10-9-22(15-34)37-2/h3-6,11-14,21-22H,7-10,15-16H2,1-2H3,(H2,28,29,30). The Bertz CT molecular complexity index is 1430. The zero-order valence-electron chi connectivity index (χ0n) is 21.4. The summed E-state index contributed by atoms with van der Waals surface area (Å²) in [5.41, 5.74) is 8.94. The molecule has 6 rings (SSSR count). The fourth-order valence-electron chi connectivity index (χ4n) is 5.20. The highest BCUT2D eigenvalue weighted by Crippen LogP contribution is 2.50. The van der Waals surface area contributed by atoms with Crippen LogP contribution < -0.4 is 5.73 Å². The number of aromatic nitrogens is 6. The van der Waals surface area contributed by atoms with Crippen molar-refractivity contribution in [1.29, 1.82) is 0 Å². The van der Waals surface area contributed by atoms with E-state index in [0.717, 1.165) is 36.0 Å². The van der Waals surface area contributed by atoms with Crippen LogP contribution in [0.3, 0.4) is 0 Å². The van der Waals surface area contributed by atoms with Gasteiger partial charge in [-0.2, -0.15) is 10.1 Å². The maximum absolute atomic E-state index is 12.7. The Morgan fingerprint density at radius 2 is 1.87 bits per heavy atom. The van der Waals surface area contributed by atoms with E-state index in [9.17, 15) is 4.79 Å². The van der Waals surface area contributed by atoms with E-state index >= 15 is 0 Å². The Hall–Kier alpha value is -4.12. The minimum absolute atomic E-state index is 0.0145. The molecule has 2 atom stereocenters. The van der Waals surface area contributed by atoms with E-state index in [-0.39, 0.29) is 24.5 Å².